The number of carbonyl (C=O) groups excluding carboxylic acids is 1. The van der Waals surface area contributed by atoms with E-state index in [0.29, 0.717) is 18.1 Å². The first-order valence-electron chi connectivity index (χ1n) is 9.27. The molecule has 0 saturated heterocycles. The van der Waals surface area contributed by atoms with Crippen LogP contribution in [0.5, 0.6) is 5.75 Å². The SMILES string of the molecule is CCOC(=O)C1=C(C)OC(N)=C(C#N)[C@H]1c1ccc(OCc2ccccc2)cc1. The lowest BCUT2D eigenvalue weighted by Crippen LogP contribution is -2.25. The number of carbonyl (C=O) groups is 1. The van der Waals surface area contributed by atoms with Crippen molar-refractivity contribution in [3.8, 4) is 11.8 Å². The van der Waals surface area contributed by atoms with Gasteiger partial charge in [-0.3, -0.25) is 0 Å². The van der Waals surface area contributed by atoms with Crippen molar-refractivity contribution in [3.05, 3.63) is 88.5 Å². The molecule has 3 rings (SSSR count). The van der Waals surface area contributed by atoms with Gasteiger partial charge in [0, 0.05) is 0 Å². The number of ether oxygens (including phenoxy) is 3. The van der Waals surface area contributed by atoms with E-state index in [2.05, 4.69) is 6.07 Å². The minimum absolute atomic E-state index is 0.00699. The summed E-state index contributed by atoms with van der Waals surface area (Å²) in [6.45, 7) is 4.02. The Morgan fingerprint density at radius 3 is 2.48 bits per heavy atom. The normalized spacial score (nSPS) is 16.1. The van der Waals surface area contributed by atoms with Gasteiger partial charge in [-0.1, -0.05) is 42.5 Å². The summed E-state index contributed by atoms with van der Waals surface area (Å²) in [5.74, 6) is -0.184. The summed E-state index contributed by atoms with van der Waals surface area (Å²) in [6.07, 6.45) is 0. The van der Waals surface area contributed by atoms with Gasteiger partial charge in [-0.15, -0.1) is 0 Å². The predicted molar refractivity (Wildman–Crippen MR) is 107 cm³/mol. The Morgan fingerprint density at radius 2 is 1.86 bits per heavy atom. The Balaban J connectivity index is 1.88. The quantitative estimate of drug-likeness (QED) is 0.752. The standard InChI is InChI=1S/C23H22N2O4/c1-3-27-23(26)20-15(2)29-22(25)19(13-24)21(20)17-9-11-18(12-10-17)28-14-16-7-5-4-6-8-16/h4-12,21H,3,14,25H2,1-2H3/t21-/m1/s1. The molecule has 6 heteroatoms. The van der Waals surface area contributed by atoms with Crippen LogP contribution in [0.3, 0.4) is 0 Å². The molecule has 1 atom stereocenters. The summed E-state index contributed by atoms with van der Waals surface area (Å²) in [4.78, 5) is 12.5. The number of benzene rings is 2. The first-order valence-corrected chi connectivity index (χ1v) is 9.27. The van der Waals surface area contributed by atoms with Gasteiger partial charge in [0.2, 0.25) is 5.88 Å². The summed E-state index contributed by atoms with van der Waals surface area (Å²) in [5, 5.41) is 9.61. The van der Waals surface area contributed by atoms with Crippen LogP contribution in [0.1, 0.15) is 30.9 Å². The monoisotopic (exact) mass is 390 g/mol. The second-order valence-corrected chi connectivity index (χ2v) is 6.46. The molecule has 0 aliphatic carbocycles. The summed E-state index contributed by atoms with van der Waals surface area (Å²) in [7, 11) is 0. The van der Waals surface area contributed by atoms with Gasteiger partial charge in [0.15, 0.2) is 0 Å². The summed E-state index contributed by atoms with van der Waals surface area (Å²) in [5.41, 5.74) is 8.15. The molecule has 148 valence electrons. The lowest BCUT2D eigenvalue weighted by molar-refractivity contribution is -0.139. The largest absolute Gasteiger partial charge is 0.489 e. The fourth-order valence-corrected chi connectivity index (χ4v) is 3.19. The minimum atomic E-state index is -0.657. The lowest BCUT2D eigenvalue weighted by Gasteiger charge is -2.26. The van der Waals surface area contributed by atoms with Crippen molar-refractivity contribution in [2.24, 2.45) is 5.73 Å². The number of hydrogen-bond acceptors (Lipinski definition) is 6. The van der Waals surface area contributed by atoms with E-state index in [0.717, 1.165) is 11.1 Å². The van der Waals surface area contributed by atoms with Crippen LogP contribution in [0.25, 0.3) is 0 Å². The molecule has 2 aromatic carbocycles. The van der Waals surface area contributed by atoms with Crippen molar-refractivity contribution < 1.29 is 19.0 Å². The number of allylic oxidation sites excluding steroid dienone is 2. The Bertz CT molecular complexity index is 986. The molecule has 2 aromatic rings. The highest BCUT2D eigenvalue weighted by molar-refractivity contribution is 5.92. The van der Waals surface area contributed by atoms with Crippen LogP contribution < -0.4 is 10.5 Å². The van der Waals surface area contributed by atoms with Crippen molar-refractivity contribution >= 4 is 5.97 Å². The maximum atomic E-state index is 12.5. The zero-order valence-electron chi connectivity index (χ0n) is 16.3. The molecule has 0 unspecified atom stereocenters. The van der Waals surface area contributed by atoms with E-state index in [4.69, 9.17) is 19.9 Å². The zero-order chi connectivity index (χ0) is 20.8. The fraction of sp³-hybridized carbons (Fsp3) is 0.217. The van der Waals surface area contributed by atoms with Gasteiger partial charge >= 0.3 is 5.97 Å². The molecule has 6 nitrogen and oxygen atoms in total. The Labute approximate surface area is 169 Å². The molecule has 0 saturated carbocycles. The average Bonchev–Trinajstić information content (AvgIpc) is 2.73. The molecule has 1 aliphatic heterocycles. The van der Waals surface area contributed by atoms with E-state index in [9.17, 15) is 10.1 Å². The Kier molecular flexibility index (Phi) is 6.20. The fourth-order valence-electron chi connectivity index (χ4n) is 3.19. The number of esters is 1. The molecule has 0 fully saturated rings. The van der Waals surface area contributed by atoms with Crippen molar-refractivity contribution in [1.82, 2.24) is 0 Å². The van der Waals surface area contributed by atoms with Crippen LogP contribution >= 0.6 is 0 Å². The van der Waals surface area contributed by atoms with Crippen LogP contribution in [-0.4, -0.2) is 12.6 Å². The molecule has 1 aliphatic rings. The molecule has 2 N–H and O–H groups in total. The van der Waals surface area contributed by atoms with Gasteiger partial charge in [0.1, 0.15) is 29.8 Å². The van der Waals surface area contributed by atoms with Crippen LogP contribution in [-0.2, 0) is 20.9 Å². The van der Waals surface area contributed by atoms with Gasteiger partial charge in [-0.05, 0) is 37.1 Å². The van der Waals surface area contributed by atoms with Gasteiger partial charge in [-0.25, -0.2) is 4.79 Å². The van der Waals surface area contributed by atoms with E-state index in [1.165, 1.54) is 0 Å². The molecule has 0 aromatic heterocycles. The molecular weight excluding hydrogens is 368 g/mol. The highest BCUT2D eigenvalue weighted by Gasteiger charge is 2.36. The maximum absolute atomic E-state index is 12.5. The molecule has 0 bridgehead atoms. The number of rotatable bonds is 6. The zero-order valence-corrected chi connectivity index (χ0v) is 16.3. The maximum Gasteiger partial charge on any atom is 0.338 e. The van der Waals surface area contributed by atoms with E-state index < -0.39 is 11.9 Å². The molecule has 1 heterocycles. The smallest absolute Gasteiger partial charge is 0.338 e. The van der Waals surface area contributed by atoms with Gasteiger partial charge < -0.3 is 19.9 Å². The Hall–Kier alpha value is -3.72. The van der Waals surface area contributed by atoms with Crippen LogP contribution in [0.4, 0.5) is 0 Å². The molecular formula is C23H22N2O4. The van der Waals surface area contributed by atoms with Gasteiger partial charge in [0.05, 0.1) is 18.1 Å². The van der Waals surface area contributed by atoms with Gasteiger partial charge in [0.25, 0.3) is 0 Å². The predicted octanol–water partition coefficient (Wildman–Crippen LogP) is 3.91. The molecule has 0 spiro atoms. The van der Waals surface area contributed by atoms with E-state index >= 15 is 0 Å². The van der Waals surface area contributed by atoms with Crippen LogP contribution in [0, 0.1) is 11.3 Å². The van der Waals surface area contributed by atoms with E-state index in [1.807, 2.05) is 42.5 Å². The van der Waals surface area contributed by atoms with Crippen molar-refractivity contribution in [1.29, 1.82) is 5.26 Å². The summed E-state index contributed by atoms with van der Waals surface area (Å²) >= 11 is 0. The van der Waals surface area contributed by atoms with Crippen LogP contribution in [0.15, 0.2) is 77.4 Å². The molecule has 0 amide bonds. The number of nitrogens with two attached hydrogens (primary N) is 1. The second-order valence-electron chi connectivity index (χ2n) is 6.46. The highest BCUT2D eigenvalue weighted by atomic mass is 16.5. The summed E-state index contributed by atoms with van der Waals surface area (Å²) < 4.78 is 16.4. The topological polar surface area (TPSA) is 94.6 Å². The number of hydrogen-bond donors (Lipinski definition) is 1. The number of nitrogens with zero attached hydrogens (tertiary/aromatic N) is 1. The first kappa shape index (κ1) is 20.0. The van der Waals surface area contributed by atoms with E-state index in [1.54, 1.807) is 26.0 Å². The molecule has 29 heavy (non-hydrogen) atoms. The highest BCUT2D eigenvalue weighted by Crippen LogP contribution is 2.39. The third kappa shape index (κ3) is 4.41. The third-order valence-corrected chi connectivity index (χ3v) is 4.56. The van der Waals surface area contributed by atoms with Crippen molar-refractivity contribution in [2.45, 2.75) is 26.4 Å². The average molecular weight is 390 g/mol. The Morgan fingerprint density at radius 1 is 1.17 bits per heavy atom. The second kappa shape index (κ2) is 8.98. The van der Waals surface area contributed by atoms with Gasteiger partial charge in [-0.2, -0.15) is 5.26 Å². The van der Waals surface area contributed by atoms with Crippen molar-refractivity contribution in [3.63, 3.8) is 0 Å². The number of nitriles is 1. The third-order valence-electron chi connectivity index (χ3n) is 4.56. The summed E-state index contributed by atoms with van der Waals surface area (Å²) in [6, 6.07) is 19.1. The lowest BCUT2D eigenvalue weighted by atomic mass is 9.83. The van der Waals surface area contributed by atoms with Crippen LogP contribution in [0.2, 0.25) is 0 Å². The van der Waals surface area contributed by atoms with Crippen molar-refractivity contribution in [2.75, 3.05) is 6.61 Å². The first-order chi connectivity index (χ1) is 14.0. The van der Waals surface area contributed by atoms with E-state index in [-0.39, 0.29) is 23.6 Å². The minimum Gasteiger partial charge on any atom is -0.489 e. The molecule has 0 radical (unpaired) electrons.